The Bertz CT molecular complexity index is 564. The van der Waals surface area contributed by atoms with Gasteiger partial charge in [-0.2, -0.15) is 0 Å². The minimum atomic E-state index is -0.512. The largest absolute Gasteiger partial charge is 0.447 e. The molecule has 170 valence electrons. The van der Waals surface area contributed by atoms with Gasteiger partial charge in [0.15, 0.2) is 0 Å². The lowest BCUT2D eigenvalue weighted by molar-refractivity contribution is -0.137. The third-order valence-corrected chi connectivity index (χ3v) is 3.89. The molecule has 0 spiro atoms. The van der Waals surface area contributed by atoms with Gasteiger partial charge >= 0.3 is 6.09 Å². The fourth-order valence-electron chi connectivity index (χ4n) is 2.36. The zero-order valence-corrected chi connectivity index (χ0v) is 17.4. The number of methoxy groups -OCH3 is 1. The maximum absolute atomic E-state index is 11.8. The third-order valence-electron chi connectivity index (χ3n) is 3.89. The van der Waals surface area contributed by atoms with E-state index in [-0.39, 0.29) is 37.3 Å². The summed E-state index contributed by atoms with van der Waals surface area (Å²) in [7, 11) is 1.53. The zero-order chi connectivity index (χ0) is 22.0. The van der Waals surface area contributed by atoms with Crippen molar-refractivity contribution in [2.45, 2.75) is 12.8 Å². The van der Waals surface area contributed by atoms with Gasteiger partial charge in [0.1, 0.15) is 12.4 Å². The molecule has 1 aliphatic rings. The van der Waals surface area contributed by atoms with E-state index in [0.29, 0.717) is 59.0 Å². The molecule has 0 saturated carbocycles. The Kier molecular flexibility index (Phi) is 14.1. The molecule has 0 aliphatic carbocycles. The van der Waals surface area contributed by atoms with Gasteiger partial charge in [-0.15, -0.1) is 0 Å². The maximum Gasteiger partial charge on any atom is 0.407 e. The first kappa shape index (κ1) is 25.7. The molecular formula is C19H31N3O8. The van der Waals surface area contributed by atoms with Crippen LogP contribution in [0.1, 0.15) is 12.8 Å². The fourth-order valence-corrected chi connectivity index (χ4v) is 2.36. The standard InChI is InChI=1S/C19H31N3O8/c1-27-11-14-30-19(26)21-7-10-29-13-12-28-9-6-20-15-16(23)3-2-8-22-17(24)4-5-18(22)25/h4-5,20H,2-3,6-15H2,1H3,(H,21,26). The van der Waals surface area contributed by atoms with Crippen LogP contribution in [0, 0.1) is 0 Å². The van der Waals surface area contributed by atoms with E-state index in [2.05, 4.69) is 10.6 Å². The summed E-state index contributed by atoms with van der Waals surface area (Å²) in [4.78, 5) is 46.9. The van der Waals surface area contributed by atoms with Crippen LogP contribution in [-0.4, -0.2) is 102 Å². The number of rotatable bonds is 18. The Balaban J connectivity index is 1.82. The number of nitrogens with zero attached hydrogens (tertiary/aromatic N) is 1. The topological polar surface area (TPSA) is 132 Å². The van der Waals surface area contributed by atoms with Crippen molar-refractivity contribution in [2.24, 2.45) is 0 Å². The molecule has 11 nitrogen and oxygen atoms in total. The molecule has 0 bridgehead atoms. The number of imide groups is 1. The number of carbonyl (C=O) groups is 4. The number of hydrogen-bond acceptors (Lipinski definition) is 9. The molecule has 0 saturated heterocycles. The number of carbonyl (C=O) groups excluding carboxylic acids is 4. The number of ether oxygens (including phenoxy) is 4. The summed E-state index contributed by atoms with van der Waals surface area (Å²) in [6, 6.07) is 0. The summed E-state index contributed by atoms with van der Waals surface area (Å²) in [5.41, 5.74) is 0. The first-order chi connectivity index (χ1) is 14.5. The van der Waals surface area contributed by atoms with Crippen molar-refractivity contribution in [3.05, 3.63) is 12.2 Å². The molecule has 0 atom stereocenters. The smallest absolute Gasteiger partial charge is 0.407 e. The minimum Gasteiger partial charge on any atom is -0.447 e. The molecule has 1 aliphatic heterocycles. The van der Waals surface area contributed by atoms with E-state index >= 15 is 0 Å². The van der Waals surface area contributed by atoms with Gasteiger partial charge in [-0.1, -0.05) is 0 Å². The molecule has 0 aromatic carbocycles. The minimum absolute atomic E-state index is 0.0126. The van der Waals surface area contributed by atoms with E-state index in [1.54, 1.807) is 0 Å². The van der Waals surface area contributed by atoms with Crippen LogP contribution in [0.4, 0.5) is 4.79 Å². The van der Waals surface area contributed by atoms with Crippen molar-refractivity contribution < 1.29 is 38.1 Å². The Labute approximate surface area is 176 Å². The van der Waals surface area contributed by atoms with E-state index in [9.17, 15) is 19.2 Å². The Morgan fingerprint density at radius 3 is 2.27 bits per heavy atom. The third kappa shape index (κ3) is 12.3. The SMILES string of the molecule is COCCOC(=O)NCCOCCOCCNCC(=O)CCCN1C(=O)C=CC1=O. The Hall–Kier alpha value is -2.34. The highest BCUT2D eigenvalue weighted by Gasteiger charge is 2.22. The van der Waals surface area contributed by atoms with Crippen molar-refractivity contribution in [3.8, 4) is 0 Å². The highest BCUT2D eigenvalue weighted by atomic mass is 16.6. The average molecular weight is 429 g/mol. The van der Waals surface area contributed by atoms with Crippen LogP contribution in [-0.2, 0) is 33.3 Å². The number of nitrogens with one attached hydrogen (secondary N) is 2. The van der Waals surface area contributed by atoms with Crippen LogP contribution < -0.4 is 10.6 Å². The molecule has 3 amide bonds. The second-order valence-corrected chi connectivity index (χ2v) is 6.26. The monoisotopic (exact) mass is 429 g/mol. The van der Waals surface area contributed by atoms with Gasteiger partial charge in [-0.3, -0.25) is 19.3 Å². The van der Waals surface area contributed by atoms with E-state index in [1.807, 2.05) is 0 Å². The molecule has 0 aromatic rings. The molecule has 11 heteroatoms. The molecule has 0 aromatic heterocycles. The van der Waals surface area contributed by atoms with E-state index < -0.39 is 6.09 Å². The second kappa shape index (κ2) is 16.5. The van der Waals surface area contributed by atoms with Gasteiger partial charge in [0.05, 0.1) is 39.6 Å². The first-order valence-electron chi connectivity index (χ1n) is 9.85. The van der Waals surface area contributed by atoms with Gasteiger partial charge in [0.25, 0.3) is 11.8 Å². The van der Waals surface area contributed by atoms with Crippen LogP contribution in [0.3, 0.4) is 0 Å². The van der Waals surface area contributed by atoms with Crippen LogP contribution in [0.5, 0.6) is 0 Å². The predicted molar refractivity (Wildman–Crippen MR) is 106 cm³/mol. The van der Waals surface area contributed by atoms with Gasteiger partial charge in [-0.05, 0) is 6.42 Å². The van der Waals surface area contributed by atoms with Crippen molar-refractivity contribution >= 4 is 23.7 Å². The second-order valence-electron chi connectivity index (χ2n) is 6.26. The molecule has 0 radical (unpaired) electrons. The number of alkyl carbamates (subject to hydrolysis) is 1. The summed E-state index contributed by atoms with van der Waals surface area (Å²) < 4.78 is 20.2. The zero-order valence-electron chi connectivity index (χ0n) is 17.4. The lowest BCUT2D eigenvalue weighted by Gasteiger charge is -2.13. The number of ketones is 1. The van der Waals surface area contributed by atoms with E-state index in [4.69, 9.17) is 18.9 Å². The van der Waals surface area contributed by atoms with Gasteiger partial charge < -0.3 is 29.6 Å². The molecule has 2 N–H and O–H groups in total. The van der Waals surface area contributed by atoms with Crippen molar-refractivity contribution in [3.63, 3.8) is 0 Å². The molecule has 1 rings (SSSR count). The van der Waals surface area contributed by atoms with Gasteiger partial charge in [-0.25, -0.2) is 4.79 Å². The average Bonchev–Trinajstić information content (AvgIpc) is 3.04. The summed E-state index contributed by atoms with van der Waals surface area (Å²) in [6.07, 6.45) is 2.70. The quantitative estimate of drug-likeness (QED) is 0.213. The number of Topliss-reactive ketones (excluding diaryl/α,β-unsaturated/α-hetero) is 1. The Morgan fingerprint density at radius 2 is 1.60 bits per heavy atom. The normalized spacial score (nSPS) is 13.2. The molecule has 0 unspecified atom stereocenters. The summed E-state index contributed by atoms with van der Waals surface area (Å²) >= 11 is 0. The fraction of sp³-hybridized carbons (Fsp3) is 0.684. The highest BCUT2D eigenvalue weighted by molar-refractivity contribution is 6.12. The number of amides is 3. The van der Waals surface area contributed by atoms with E-state index in [0.717, 1.165) is 4.90 Å². The van der Waals surface area contributed by atoms with Crippen LogP contribution >= 0.6 is 0 Å². The first-order valence-corrected chi connectivity index (χ1v) is 9.85. The van der Waals surface area contributed by atoms with Crippen LogP contribution in [0.2, 0.25) is 0 Å². The van der Waals surface area contributed by atoms with Gasteiger partial charge in [0.2, 0.25) is 0 Å². The lowest BCUT2D eigenvalue weighted by Crippen LogP contribution is -2.32. The van der Waals surface area contributed by atoms with Crippen LogP contribution in [0.15, 0.2) is 12.2 Å². The molecular weight excluding hydrogens is 398 g/mol. The summed E-state index contributed by atoms with van der Waals surface area (Å²) in [5.74, 6) is -0.648. The highest BCUT2D eigenvalue weighted by Crippen LogP contribution is 2.05. The van der Waals surface area contributed by atoms with E-state index in [1.165, 1.54) is 19.3 Å². The van der Waals surface area contributed by atoms with Crippen molar-refractivity contribution in [1.29, 1.82) is 0 Å². The molecule has 30 heavy (non-hydrogen) atoms. The van der Waals surface area contributed by atoms with Gasteiger partial charge in [0, 0.05) is 45.3 Å². The number of hydrogen-bond donors (Lipinski definition) is 2. The van der Waals surface area contributed by atoms with Crippen molar-refractivity contribution in [2.75, 3.05) is 72.9 Å². The van der Waals surface area contributed by atoms with Crippen LogP contribution in [0.25, 0.3) is 0 Å². The molecule has 0 fully saturated rings. The summed E-state index contributed by atoms with van der Waals surface area (Å²) in [6.45, 7) is 3.46. The lowest BCUT2D eigenvalue weighted by atomic mass is 10.2. The molecule has 1 heterocycles. The maximum atomic E-state index is 11.8. The Morgan fingerprint density at radius 1 is 0.933 bits per heavy atom. The summed E-state index contributed by atoms with van der Waals surface area (Å²) in [5, 5.41) is 5.52. The van der Waals surface area contributed by atoms with Crippen molar-refractivity contribution in [1.82, 2.24) is 15.5 Å². The predicted octanol–water partition coefficient (Wildman–Crippen LogP) is -0.744.